The Bertz CT molecular complexity index is 1560. The van der Waals surface area contributed by atoms with Crippen molar-refractivity contribution in [2.75, 3.05) is 14.2 Å². The summed E-state index contributed by atoms with van der Waals surface area (Å²) in [6, 6.07) is 15.2. The number of methoxy groups -OCH3 is 2. The first-order valence-corrected chi connectivity index (χ1v) is 9.54. The quantitative estimate of drug-likeness (QED) is 0.484. The van der Waals surface area contributed by atoms with Gasteiger partial charge in [-0.3, -0.25) is 23.3 Å². The Kier molecular flexibility index (Phi) is 4.18. The van der Waals surface area contributed by atoms with Crippen LogP contribution in [0.25, 0.3) is 33.9 Å². The number of hydrogen-bond donors (Lipinski definition) is 1. The van der Waals surface area contributed by atoms with Crippen molar-refractivity contribution in [1.82, 2.24) is 23.5 Å². The Hall–Kier alpha value is -4.27. The monoisotopic (exact) mass is 417 g/mol. The number of nitrogens with zero attached hydrogens (tertiary/aromatic N) is 4. The molecule has 156 valence electrons. The smallest absolute Gasteiger partial charge is 0.329 e. The summed E-state index contributed by atoms with van der Waals surface area (Å²) in [7, 11) is 4.75. The summed E-state index contributed by atoms with van der Waals surface area (Å²) in [5.41, 5.74) is 1.96. The largest absolute Gasteiger partial charge is 0.497 e. The number of H-pyrrole nitrogens is 1. The second-order valence-electron chi connectivity index (χ2n) is 7.03. The van der Waals surface area contributed by atoms with E-state index in [2.05, 4.69) is 9.97 Å². The number of rotatable bonds is 4. The van der Waals surface area contributed by atoms with Gasteiger partial charge in [-0.1, -0.05) is 30.3 Å². The Morgan fingerprint density at radius 1 is 1.00 bits per heavy atom. The van der Waals surface area contributed by atoms with Gasteiger partial charge in [0, 0.05) is 24.9 Å². The average molecular weight is 417 g/mol. The van der Waals surface area contributed by atoms with Crippen molar-refractivity contribution in [3.8, 4) is 28.4 Å². The first kappa shape index (κ1) is 18.7. The lowest BCUT2D eigenvalue weighted by molar-refractivity contribution is 0.402. The highest BCUT2D eigenvalue weighted by atomic mass is 16.5. The minimum atomic E-state index is -0.521. The van der Waals surface area contributed by atoms with Crippen LogP contribution in [0, 0.1) is 0 Å². The molecule has 0 saturated heterocycles. The molecule has 0 bridgehead atoms. The molecule has 3 aromatic heterocycles. The molecule has 0 saturated carbocycles. The normalized spacial score (nSPS) is 11.3. The van der Waals surface area contributed by atoms with Gasteiger partial charge < -0.3 is 9.47 Å². The molecule has 5 aromatic rings. The van der Waals surface area contributed by atoms with Gasteiger partial charge in [0.1, 0.15) is 11.5 Å². The zero-order valence-corrected chi connectivity index (χ0v) is 17.1. The van der Waals surface area contributed by atoms with E-state index < -0.39 is 11.2 Å². The Morgan fingerprint density at radius 2 is 1.77 bits per heavy atom. The van der Waals surface area contributed by atoms with Gasteiger partial charge in [-0.2, -0.15) is 4.98 Å². The number of aromatic nitrogens is 5. The molecule has 0 radical (unpaired) electrons. The van der Waals surface area contributed by atoms with Crippen molar-refractivity contribution in [2.24, 2.45) is 7.05 Å². The first-order valence-electron chi connectivity index (χ1n) is 9.54. The van der Waals surface area contributed by atoms with E-state index in [1.807, 2.05) is 59.3 Å². The lowest BCUT2D eigenvalue weighted by atomic mass is 10.1. The summed E-state index contributed by atoms with van der Waals surface area (Å²) in [5.74, 6) is 1.71. The average Bonchev–Trinajstić information content (AvgIpc) is 3.34. The highest BCUT2D eigenvalue weighted by Crippen LogP contribution is 2.34. The van der Waals surface area contributed by atoms with Gasteiger partial charge in [0.2, 0.25) is 5.78 Å². The number of nitrogens with one attached hydrogen (secondary N) is 1. The molecule has 0 aliphatic heterocycles. The Balaban J connectivity index is 1.98. The topological polar surface area (TPSA) is 95.5 Å². The molecule has 0 aliphatic rings. The predicted octanol–water partition coefficient (Wildman–Crippen LogP) is 2.35. The summed E-state index contributed by atoms with van der Waals surface area (Å²) in [5, 5.41) is 0. The summed E-state index contributed by atoms with van der Waals surface area (Å²) in [4.78, 5) is 31.8. The fraction of sp³-hybridized carbons (Fsp3) is 0.136. The maximum Gasteiger partial charge on any atom is 0.329 e. The molecule has 0 unspecified atom stereocenters. The van der Waals surface area contributed by atoms with E-state index in [1.165, 1.54) is 4.57 Å². The fourth-order valence-electron chi connectivity index (χ4n) is 3.78. The molecular formula is C22H19N5O4. The molecule has 0 spiro atoms. The van der Waals surface area contributed by atoms with E-state index in [9.17, 15) is 9.59 Å². The second-order valence-corrected chi connectivity index (χ2v) is 7.03. The van der Waals surface area contributed by atoms with E-state index in [4.69, 9.17) is 9.47 Å². The van der Waals surface area contributed by atoms with Crippen LogP contribution in [0.15, 0.2) is 64.3 Å². The van der Waals surface area contributed by atoms with Crippen LogP contribution in [0.4, 0.5) is 0 Å². The molecule has 2 aromatic carbocycles. The molecule has 0 aliphatic carbocycles. The van der Waals surface area contributed by atoms with Crippen LogP contribution in [0.5, 0.6) is 11.5 Å². The molecule has 1 N–H and O–H groups in total. The third-order valence-electron chi connectivity index (χ3n) is 5.32. The lowest BCUT2D eigenvalue weighted by Crippen LogP contribution is -2.28. The third kappa shape index (κ3) is 2.74. The number of imidazole rings is 2. The highest BCUT2D eigenvalue weighted by molar-refractivity contribution is 5.80. The van der Waals surface area contributed by atoms with E-state index in [-0.39, 0.29) is 5.52 Å². The van der Waals surface area contributed by atoms with Crippen molar-refractivity contribution >= 4 is 16.9 Å². The van der Waals surface area contributed by atoms with Crippen molar-refractivity contribution in [3.63, 3.8) is 0 Å². The van der Waals surface area contributed by atoms with Gasteiger partial charge in [-0.05, 0) is 12.1 Å². The third-order valence-corrected chi connectivity index (χ3v) is 5.32. The number of ether oxygens (including phenoxy) is 2. The summed E-state index contributed by atoms with van der Waals surface area (Å²) >= 11 is 0. The van der Waals surface area contributed by atoms with Crippen LogP contribution < -0.4 is 20.7 Å². The Morgan fingerprint density at radius 3 is 2.48 bits per heavy atom. The van der Waals surface area contributed by atoms with E-state index in [0.717, 1.165) is 11.3 Å². The van der Waals surface area contributed by atoms with Gasteiger partial charge in [-0.15, -0.1) is 0 Å². The molecule has 31 heavy (non-hydrogen) atoms. The number of hydrogen-bond acceptors (Lipinski definition) is 5. The van der Waals surface area contributed by atoms with E-state index in [1.54, 1.807) is 25.7 Å². The summed E-state index contributed by atoms with van der Waals surface area (Å²) in [6.45, 7) is 0. The predicted molar refractivity (Wildman–Crippen MR) is 116 cm³/mol. The van der Waals surface area contributed by atoms with Crippen molar-refractivity contribution in [3.05, 3.63) is 75.6 Å². The minimum absolute atomic E-state index is 0.287. The zero-order chi connectivity index (χ0) is 21.7. The summed E-state index contributed by atoms with van der Waals surface area (Å²) in [6.07, 6.45) is 1.83. The van der Waals surface area contributed by atoms with Crippen LogP contribution >= 0.6 is 0 Å². The number of benzene rings is 2. The molecule has 5 rings (SSSR count). The highest BCUT2D eigenvalue weighted by Gasteiger charge is 2.22. The SMILES string of the molecule is COc1ccc(OC)c(-n2c(-c3ccccc3)cn3c4c(=O)[nH]c(=O)n(C)c4nc23)c1. The van der Waals surface area contributed by atoms with E-state index in [0.29, 0.717) is 28.6 Å². The second kappa shape index (κ2) is 6.91. The van der Waals surface area contributed by atoms with Gasteiger partial charge in [-0.25, -0.2) is 4.79 Å². The lowest BCUT2D eigenvalue weighted by Gasteiger charge is -2.14. The summed E-state index contributed by atoms with van der Waals surface area (Å²) < 4.78 is 15.9. The maximum atomic E-state index is 12.7. The molecule has 9 heteroatoms. The van der Waals surface area contributed by atoms with Gasteiger partial charge in [0.05, 0.1) is 25.6 Å². The van der Waals surface area contributed by atoms with Crippen LogP contribution in [0.2, 0.25) is 0 Å². The van der Waals surface area contributed by atoms with Crippen molar-refractivity contribution in [1.29, 1.82) is 0 Å². The Labute approximate surface area is 175 Å². The molecular weight excluding hydrogens is 398 g/mol. The van der Waals surface area contributed by atoms with Gasteiger partial charge in [0.15, 0.2) is 11.2 Å². The minimum Gasteiger partial charge on any atom is -0.497 e. The number of aryl methyl sites for hydroxylation is 1. The first-order chi connectivity index (χ1) is 15.0. The van der Waals surface area contributed by atoms with Crippen LogP contribution in [0.3, 0.4) is 0 Å². The fourth-order valence-corrected chi connectivity index (χ4v) is 3.78. The molecule has 3 heterocycles. The van der Waals surface area contributed by atoms with Crippen LogP contribution in [-0.2, 0) is 7.05 Å². The zero-order valence-electron chi connectivity index (χ0n) is 17.1. The number of fused-ring (bicyclic) bond motifs is 3. The molecule has 0 atom stereocenters. The number of aromatic amines is 1. The van der Waals surface area contributed by atoms with Crippen molar-refractivity contribution in [2.45, 2.75) is 0 Å². The van der Waals surface area contributed by atoms with E-state index >= 15 is 0 Å². The van der Waals surface area contributed by atoms with Crippen LogP contribution in [0.1, 0.15) is 0 Å². The standard InChI is InChI=1S/C22H19N5O4/c1-25-19-18(20(28)24-22(25)29)26-12-16(13-7-5-4-6-8-13)27(21(26)23-19)15-11-14(30-2)9-10-17(15)31-3/h4-12H,1-3H3,(H,24,28,29). The molecule has 0 amide bonds. The maximum absolute atomic E-state index is 12.7. The van der Waals surface area contributed by atoms with Crippen molar-refractivity contribution < 1.29 is 9.47 Å². The van der Waals surface area contributed by atoms with Gasteiger partial charge >= 0.3 is 5.69 Å². The van der Waals surface area contributed by atoms with Gasteiger partial charge in [0.25, 0.3) is 5.56 Å². The molecule has 0 fully saturated rings. The van der Waals surface area contributed by atoms with Crippen LogP contribution in [-0.4, -0.2) is 37.7 Å². The molecule has 9 nitrogen and oxygen atoms in total.